The lowest BCUT2D eigenvalue weighted by molar-refractivity contribution is 0.662. The van der Waals surface area contributed by atoms with E-state index in [-0.39, 0.29) is 10.8 Å². The number of anilines is 6. The van der Waals surface area contributed by atoms with Crippen molar-refractivity contribution in [3.63, 3.8) is 0 Å². The largest absolute Gasteiger partial charge is 0.310 e. The van der Waals surface area contributed by atoms with Crippen LogP contribution in [0, 0.1) is 0 Å². The zero-order valence-electron chi connectivity index (χ0n) is 63.2. The van der Waals surface area contributed by atoms with Crippen molar-refractivity contribution in [1.82, 2.24) is 0 Å². The zero-order valence-corrected chi connectivity index (χ0v) is 63.2. The predicted molar refractivity (Wildman–Crippen MR) is 475 cm³/mol. The number of nitrogens with zero attached hydrogens (tertiary/aromatic N) is 2. The highest BCUT2D eigenvalue weighted by atomic mass is 15.2. The summed E-state index contributed by atoms with van der Waals surface area (Å²) in [5, 5.41) is 4.67. The topological polar surface area (TPSA) is 6.48 Å². The normalized spacial score (nSPS) is 12.8. The molecule has 0 spiro atoms. The fourth-order valence-electron chi connectivity index (χ4n) is 18.7. The van der Waals surface area contributed by atoms with E-state index in [4.69, 9.17) is 0 Å². The van der Waals surface area contributed by atoms with Gasteiger partial charge in [0.25, 0.3) is 0 Å². The Morgan fingerprint density at radius 2 is 0.527 bits per heavy atom. The molecule has 0 aliphatic heterocycles. The molecule has 20 rings (SSSR count). The van der Waals surface area contributed by atoms with Crippen LogP contribution in [0.5, 0.6) is 0 Å². The highest BCUT2D eigenvalue weighted by Gasteiger charge is 2.40. The van der Waals surface area contributed by atoms with Crippen LogP contribution in [0.2, 0.25) is 0 Å². The molecule has 0 fully saturated rings. The Labute approximate surface area is 656 Å². The molecule has 2 heteroatoms. The van der Waals surface area contributed by atoms with Crippen molar-refractivity contribution < 1.29 is 0 Å². The number of benzene rings is 18. The van der Waals surface area contributed by atoms with Gasteiger partial charge in [0.1, 0.15) is 0 Å². The van der Waals surface area contributed by atoms with E-state index >= 15 is 0 Å². The smallest absolute Gasteiger partial charge is 0.0546 e. The molecule has 18 aromatic carbocycles. The van der Waals surface area contributed by atoms with E-state index in [0.717, 1.165) is 112 Å². The van der Waals surface area contributed by atoms with Crippen molar-refractivity contribution in [1.29, 1.82) is 0 Å². The van der Waals surface area contributed by atoms with Crippen LogP contribution in [0.1, 0.15) is 49.9 Å². The fraction of sp³-hybridized carbons (Fsp3) is 0.0545. The molecule has 0 aromatic heterocycles. The molecular weight excluding hydrogens is 1350 g/mol. The summed E-state index contributed by atoms with van der Waals surface area (Å²) in [4.78, 5) is 5.04. The molecule has 0 saturated carbocycles. The van der Waals surface area contributed by atoms with Crippen molar-refractivity contribution in [2.75, 3.05) is 9.80 Å². The molecule has 0 unspecified atom stereocenters. The second kappa shape index (κ2) is 27.6. The van der Waals surface area contributed by atoms with E-state index in [9.17, 15) is 0 Å². The third-order valence-electron chi connectivity index (χ3n) is 23.8. The zero-order chi connectivity index (χ0) is 75.0. The van der Waals surface area contributed by atoms with Crippen molar-refractivity contribution in [2.24, 2.45) is 0 Å². The van der Waals surface area contributed by atoms with Crippen LogP contribution in [-0.4, -0.2) is 0 Å². The first-order valence-corrected chi connectivity index (χ1v) is 39.1. The summed E-state index contributed by atoms with van der Waals surface area (Å²) in [5.74, 6) is 0. The van der Waals surface area contributed by atoms with Gasteiger partial charge in [0.2, 0.25) is 0 Å². The molecule has 0 atom stereocenters. The average Bonchev–Trinajstić information content (AvgIpc) is 1.53. The molecule has 0 radical (unpaired) electrons. The summed E-state index contributed by atoms with van der Waals surface area (Å²) in [7, 11) is 0. The fourth-order valence-corrected chi connectivity index (χ4v) is 18.7. The molecule has 0 N–H and O–H groups in total. The first-order chi connectivity index (χ1) is 55.1. The van der Waals surface area contributed by atoms with E-state index < -0.39 is 0 Å². The Hall–Kier alpha value is -13.9. The Balaban J connectivity index is 0.779. The Bertz CT molecular complexity index is 6650. The minimum absolute atomic E-state index is 0.184. The number of hydrogen-bond acceptors (Lipinski definition) is 2. The quantitative estimate of drug-likeness (QED) is 0.101. The molecule has 2 aliphatic carbocycles. The van der Waals surface area contributed by atoms with E-state index in [1.54, 1.807) is 0 Å². The first-order valence-electron chi connectivity index (χ1n) is 39.1. The standard InChI is InChI=1S/C110H80N2/c1-109(2)100-55-25-23-44-92(100)97-54-28-51-90(107(97)109)78-61-67-83(68-62-78)112(104-59-30-50-89(77-39-15-8-16-40-77)106(104)96-47-22-20-43-86(96)75-35-11-6-12-36-75)102-57-31-52-91-87(48-27-53-94(91)102)81-71-98(108-99(72-81)93-45-24-26-56-101(93)110(108,3)4)79-63-65-82(66-64-79)111(84-69-60-73-32-17-18-41-80(73)70-84)103-58-29-49-88(76-37-13-7-14-38-76)105(103)95-46-21-19-42-85(95)74-33-9-5-10-34-74/h5-72H,1-4H3. The summed E-state index contributed by atoms with van der Waals surface area (Å²) < 4.78 is 0. The van der Waals surface area contributed by atoms with E-state index in [1.165, 1.54) is 88.7 Å². The van der Waals surface area contributed by atoms with Gasteiger partial charge >= 0.3 is 0 Å². The molecule has 2 aliphatic rings. The molecule has 0 heterocycles. The van der Waals surface area contributed by atoms with Crippen molar-refractivity contribution in [3.05, 3.63) is 435 Å². The summed E-state index contributed by atoms with van der Waals surface area (Å²) >= 11 is 0. The first kappa shape index (κ1) is 67.4. The summed E-state index contributed by atoms with van der Waals surface area (Å²) in [6, 6.07) is 154. The molecule has 112 heavy (non-hydrogen) atoms. The van der Waals surface area contributed by atoms with Crippen molar-refractivity contribution in [3.8, 4) is 122 Å². The molecule has 2 nitrogen and oxygen atoms in total. The van der Waals surface area contributed by atoms with Gasteiger partial charge < -0.3 is 9.80 Å². The van der Waals surface area contributed by atoms with Crippen LogP contribution in [-0.2, 0) is 10.8 Å². The minimum Gasteiger partial charge on any atom is -0.310 e. The van der Waals surface area contributed by atoms with Crippen LogP contribution >= 0.6 is 0 Å². The third kappa shape index (κ3) is 11.4. The minimum atomic E-state index is -0.316. The molecule has 18 aromatic rings. The maximum Gasteiger partial charge on any atom is 0.0546 e. The van der Waals surface area contributed by atoms with Gasteiger partial charge in [0, 0.05) is 44.4 Å². The van der Waals surface area contributed by atoms with Crippen LogP contribution in [0.4, 0.5) is 34.1 Å². The molecule has 530 valence electrons. The Morgan fingerprint density at radius 1 is 0.179 bits per heavy atom. The highest BCUT2D eigenvalue weighted by Crippen LogP contribution is 2.58. The third-order valence-corrected chi connectivity index (χ3v) is 23.8. The van der Waals surface area contributed by atoms with Gasteiger partial charge in [-0.2, -0.15) is 0 Å². The number of hydrogen-bond donors (Lipinski definition) is 0. The van der Waals surface area contributed by atoms with Gasteiger partial charge in [0.05, 0.1) is 17.1 Å². The van der Waals surface area contributed by atoms with Gasteiger partial charge in [0.15, 0.2) is 0 Å². The van der Waals surface area contributed by atoms with Crippen molar-refractivity contribution in [2.45, 2.75) is 38.5 Å². The monoisotopic (exact) mass is 1430 g/mol. The Morgan fingerprint density at radius 3 is 1.09 bits per heavy atom. The molecule has 0 saturated heterocycles. The lowest BCUT2D eigenvalue weighted by Gasteiger charge is -2.31. The lowest BCUT2D eigenvalue weighted by Crippen LogP contribution is -2.16. The van der Waals surface area contributed by atoms with Gasteiger partial charge in [-0.3, -0.25) is 0 Å². The van der Waals surface area contributed by atoms with Gasteiger partial charge in [-0.1, -0.05) is 373 Å². The van der Waals surface area contributed by atoms with E-state index in [2.05, 4.69) is 450 Å². The Kier molecular flexibility index (Phi) is 16.6. The second-order valence-electron chi connectivity index (χ2n) is 30.9. The van der Waals surface area contributed by atoms with E-state index in [1.807, 2.05) is 0 Å². The van der Waals surface area contributed by atoms with Crippen LogP contribution in [0.25, 0.3) is 144 Å². The lowest BCUT2D eigenvalue weighted by atomic mass is 9.78. The van der Waals surface area contributed by atoms with Crippen LogP contribution in [0.15, 0.2) is 413 Å². The van der Waals surface area contributed by atoms with Gasteiger partial charge in [-0.15, -0.1) is 0 Å². The highest BCUT2D eigenvalue weighted by molar-refractivity contribution is 6.10. The van der Waals surface area contributed by atoms with Gasteiger partial charge in [-0.05, 0) is 216 Å². The summed E-state index contributed by atoms with van der Waals surface area (Å²) in [6.45, 7) is 9.61. The van der Waals surface area contributed by atoms with Crippen LogP contribution in [0.3, 0.4) is 0 Å². The maximum absolute atomic E-state index is 2.55. The molecular formula is C110H80N2. The average molecular weight is 1430 g/mol. The summed E-state index contributed by atoms with van der Waals surface area (Å²) in [5.41, 5.74) is 37.6. The SMILES string of the molecule is CC1(C)c2ccccc2-c2cccc(-c3ccc(N(c4cccc(-c5ccccc5)c4-c4ccccc4-c4ccccc4)c4cccc5c(-c6cc(-c7ccc(N(c8ccc9ccccc9c8)c8cccc(-c9ccccc9)c8-c8ccccc8-c8ccccc8)cc7)c7c(c6)-c6ccccc6C7(C)C)cccc45)cc3)c21. The molecule has 0 bridgehead atoms. The maximum atomic E-state index is 2.55. The van der Waals surface area contributed by atoms with Crippen molar-refractivity contribution >= 4 is 55.7 Å². The van der Waals surface area contributed by atoms with E-state index in [0.29, 0.717) is 0 Å². The predicted octanol–water partition coefficient (Wildman–Crippen LogP) is 30.5. The number of rotatable bonds is 15. The van der Waals surface area contributed by atoms with Crippen LogP contribution < -0.4 is 9.80 Å². The molecule has 0 amide bonds. The summed E-state index contributed by atoms with van der Waals surface area (Å²) in [6.07, 6.45) is 0. The number of fused-ring (bicyclic) bond motifs is 8. The second-order valence-corrected chi connectivity index (χ2v) is 30.9. The van der Waals surface area contributed by atoms with Gasteiger partial charge in [-0.25, -0.2) is 0 Å².